The maximum Gasteiger partial charge on any atom is 0.310 e. The van der Waals surface area contributed by atoms with Crippen molar-refractivity contribution in [3.8, 4) is 0 Å². The molecule has 0 amide bonds. The zero-order valence-corrected chi connectivity index (χ0v) is 15.0. The summed E-state index contributed by atoms with van der Waals surface area (Å²) in [6.45, 7) is 0.259. The van der Waals surface area contributed by atoms with Gasteiger partial charge in [0.15, 0.2) is 0 Å². The molecule has 25 heavy (non-hydrogen) atoms. The van der Waals surface area contributed by atoms with Crippen LogP contribution in [-0.2, 0) is 22.6 Å². The SMILES string of the molecule is O=C(Cc1coc2ccc3ccccc3c12)OCc1cccc(Br)c1. The lowest BCUT2D eigenvalue weighted by molar-refractivity contribution is -0.144. The average molecular weight is 395 g/mol. The van der Waals surface area contributed by atoms with E-state index in [2.05, 4.69) is 22.0 Å². The molecular formula is C21H15BrO3. The second-order valence-corrected chi connectivity index (χ2v) is 6.80. The van der Waals surface area contributed by atoms with Crippen LogP contribution in [0.3, 0.4) is 0 Å². The van der Waals surface area contributed by atoms with Gasteiger partial charge in [0, 0.05) is 15.4 Å². The molecule has 0 N–H and O–H groups in total. The summed E-state index contributed by atoms with van der Waals surface area (Å²) in [5.74, 6) is -0.268. The van der Waals surface area contributed by atoms with E-state index in [1.54, 1.807) is 6.26 Å². The van der Waals surface area contributed by atoms with Crippen molar-refractivity contribution >= 4 is 43.6 Å². The molecule has 0 atom stereocenters. The van der Waals surface area contributed by atoms with Gasteiger partial charge in [0.25, 0.3) is 0 Å². The highest BCUT2D eigenvalue weighted by molar-refractivity contribution is 9.10. The zero-order chi connectivity index (χ0) is 17.2. The summed E-state index contributed by atoms with van der Waals surface area (Å²) < 4.78 is 12.0. The van der Waals surface area contributed by atoms with E-state index in [-0.39, 0.29) is 19.0 Å². The monoisotopic (exact) mass is 394 g/mol. The highest BCUT2D eigenvalue weighted by Gasteiger charge is 2.14. The van der Waals surface area contributed by atoms with Crippen LogP contribution in [0.2, 0.25) is 0 Å². The number of esters is 1. The summed E-state index contributed by atoms with van der Waals surface area (Å²) in [7, 11) is 0. The standard InChI is InChI=1S/C21H15BrO3/c22-17-6-3-4-14(10-17)12-25-20(23)11-16-13-24-19-9-8-15-5-1-2-7-18(15)21(16)19/h1-10,13H,11-12H2. The lowest BCUT2D eigenvalue weighted by Crippen LogP contribution is -2.07. The Morgan fingerprint density at radius 2 is 1.92 bits per heavy atom. The molecule has 4 heteroatoms. The van der Waals surface area contributed by atoms with Gasteiger partial charge in [0.05, 0.1) is 12.7 Å². The van der Waals surface area contributed by atoms with Gasteiger partial charge in [0.2, 0.25) is 0 Å². The fraction of sp³-hybridized carbons (Fsp3) is 0.0952. The fourth-order valence-electron chi connectivity index (χ4n) is 3.00. The van der Waals surface area contributed by atoms with Crippen LogP contribution in [0.25, 0.3) is 21.7 Å². The molecule has 0 unspecified atom stereocenters. The van der Waals surface area contributed by atoms with Crippen LogP contribution >= 0.6 is 15.9 Å². The molecule has 0 aliphatic heterocycles. The Bertz CT molecular complexity index is 1070. The summed E-state index contributed by atoms with van der Waals surface area (Å²) in [5, 5.41) is 3.20. The summed E-state index contributed by atoms with van der Waals surface area (Å²) in [6, 6.07) is 19.8. The van der Waals surface area contributed by atoms with Gasteiger partial charge in [-0.3, -0.25) is 4.79 Å². The predicted molar refractivity (Wildman–Crippen MR) is 101 cm³/mol. The van der Waals surface area contributed by atoms with Crippen molar-refractivity contribution in [2.24, 2.45) is 0 Å². The molecule has 0 spiro atoms. The zero-order valence-electron chi connectivity index (χ0n) is 13.4. The van der Waals surface area contributed by atoms with E-state index in [4.69, 9.17) is 9.15 Å². The Morgan fingerprint density at radius 3 is 2.80 bits per heavy atom. The van der Waals surface area contributed by atoms with Crippen LogP contribution in [0.5, 0.6) is 0 Å². The number of benzene rings is 3. The van der Waals surface area contributed by atoms with Crippen LogP contribution in [0.1, 0.15) is 11.1 Å². The molecule has 4 aromatic rings. The number of furan rings is 1. The first-order chi connectivity index (χ1) is 12.2. The summed E-state index contributed by atoms with van der Waals surface area (Å²) in [5.41, 5.74) is 2.59. The maximum atomic E-state index is 12.3. The molecule has 0 saturated heterocycles. The summed E-state index contributed by atoms with van der Waals surface area (Å²) in [6.07, 6.45) is 1.84. The van der Waals surface area contributed by atoms with Crippen molar-refractivity contribution in [2.45, 2.75) is 13.0 Å². The third-order valence-corrected chi connectivity index (χ3v) is 4.66. The number of hydrogen-bond acceptors (Lipinski definition) is 3. The second kappa shape index (κ2) is 6.73. The Labute approximate surface area is 153 Å². The van der Waals surface area contributed by atoms with E-state index in [1.807, 2.05) is 54.6 Å². The molecule has 3 aromatic carbocycles. The highest BCUT2D eigenvalue weighted by Crippen LogP contribution is 2.30. The molecule has 4 rings (SSSR count). The molecule has 0 fully saturated rings. The molecule has 1 aromatic heterocycles. The smallest absolute Gasteiger partial charge is 0.310 e. The topological polar surface area (TPSA) is 39.4 Å². The lowest BCUT2D eigenvalue weighted by atomic mass is 10.0. The van der Waals surface area contributed by atoms with Crippen molar-refractivity contribution in [3.63, 3.8) is 0 Å². The maximum absolute atomic E-state index is 12.3. The van der Waals surface area contributed by atoms with Crippen molar-refractivity contribution < 1.29 is 13.9 Å². The number of carbonyl (C=O) groups is 1. The Morgan fingerprint density at radius 1 is 1.04 bits per heavy atom. The van der Waals surface area contributed by atoms with Crippen LogP contribution in [0.15, 0.2) is 75.8 Å². The minimum absolute atomic E-state index is 0.189. The third-order valence-electron chi connectivity index (χ3n) is 4.16. The molecule has 0 radical (unpaired) electrons. The minimum atomic E-state index is -0.268. The molecular weight excluding hydrogens is 380 g/mol. The van der Waals surface area contributed by atoms with Gasteiger partial charge in [-0.1, -0.05) is 58.4 Å². The number of halogens is 1. The third kappa shape index (κ3) is 3.30. The van der Waals surface area contributed by atoms with E-state index < -0.39 is 0 Å². The van der Waals surface area contributed by atoms with Crippen molar-refractivity contribution in [1.29, 1.82) is 0 Å². The Kier molecular flexibility index (Phi) is 4.28. The van der Waals surface area contributed by atoms with Gasteiger partial charge in [-0.05, 0) is 34.5 Å². The highest BCUT2D eigenvalue weighted by atomic mass is 79.9. The van der Waals surface area contributed by atoms with Crippen LogP contribution in [-0.4, -0.2) is 5.97 Å². The van der Waals surface area contributed by atoms with Crippen LogP contribution in [0.4, 0.5) is 0 Å². The number of rotatable bonds is 4. The van der Waals surface area contributed by atoms with Crippen LogP contribution in [0, 0.1) is 0 Å². The Balaban J connectivity index is 1.56. The van der Waals surface area contributed by atoms with E-state index in [1.165, 1.54) is 0 Å². The normalized spacial score (nSPS) is 11.1. The first-order valence-electron chi connectivity index (χ1n) is 7.98. The van der Waals surface area contributed by atoms with E-state index >= 15 is 0 Å². The summed E-state index contributed by atoms with van der Waals surface area (Å²) in [4.78, 5) is 12.3. The summed E-state index contributed by atoms with van der Waals surface area (Å²) >= 11 is 3.41. The molecule has 124 valence electrons. The van der Waals surface area contributed by atoms with Gasteiger partial charge >= 0.3 is 5.97 Å². The number of ether oxygens (including phenoxy) is 1. The fourth-order valence-corrected chi connectivity index (χ4v) is 3.45. The largest absolute Gasteiger partial charge is 0.464 e. The molecule has 0 aliphatic carbocycles. The van der Waals surface area contributed by atoms with Crippen molar-refractivity contribution in [3.05, 3.63) is 82.5 Å². The molecule has 3 nitrogen and oxygen atoms in total. The quantitative estimate of drug-likeness (QED) is 0.420. The van der Waals surface area contributed by atoms with E-state index in [0.717, 1.165) is 37.3 Å². The van der Waals surface area contributed by atoms with E-state index in [9.17, 15) is 4.79 Å². The first-order valence-corrected chi connectivity index (χ1v) is 8.78. The van der Waals surface area contributed by atoms with Gasteiger partial charge in [-0.15, -0.1) is 0 Å². The Hall–Kier alpha value is -2.59. The molecule has 1 heterocycles. The number of fused-ring (bicyclic) bond motifs is 3. The number of carbonyl (C=O) groups excluding carboxylic acids is 1. The van der Waals surface area contributed by atoms with Crippen molar-refractivity contribution in [2.75, 3.05) is 0 Å². The van der Waals surface area contributed by atoms with Crippen molar-refractivity contribution in [1.82, 2.24) is 0 Å². The second-order valence-electron chi connectivity index (χ2n) is 5.89. The number of hydrogen-bond donors (Lipinski definition) is 0. The van der Waals surface area contributed by atoms with E-state index in [0.29, 0.717) is 0 Å². The van der Waals surface area contributed by atoms with Gasteiger partial charge in [-0.2, -0.15) is 0 Å². The van der Waals surface area contributed by atoms with Gasteiger partial charge in [-0.25, -0.2) is 0 Å². The molecule has 0 bridgehead atoms. The minimum Gasteiger partial charge on any atom is -0.464 e. The van der Waals surface area contributed by atoms with Gasteiger partial charge < -0.3 is 9.15 Å². The van der Waals surface area contributed by atoms with Gasteiger partial charge in [0.1, 0.15) is 12.2 Å². The average Bonchev–Trinajstić information content (AvgIpc) is 3.03. The molecule has 0 saturated carbocycles. The first kappa shape index (κ1) is 15.9. The molecule has 0 aliphatic rings. The predicted octanol–water partition coefficient (Wildman–Crippen LogP) is 5.63. The van der Waals surface area contributed by atoms with Crippen LogP contribution < -0.4 is 0 Å². The lowest BCUT2D eigenvalue weighted by Gasteiger charge is -2.05.